The maximum atomic E-state index is 12.2. The summed E-state index contributed by atoms with van der Waals surface area (Å²) in [4.78, 5) is 26.0. The van der Waals surface area contributed by atoms with Crippen molar-refractivity contribution in [1.29, 1.82) is 0 Å². The first-order valence-electron chi connectivity index (χ1n) is 8.09. The number of hydrogen-bond donors (Lipinski definition) is 2. The fourth-order valence-electron chi connectivity index (χ4n) is 3.26. The topological polar surface area (TPSA) is 61.4 Å². The van der Waals surface area contributed by atoms with E-state index in [-0.39, 0.29) is 36.2 Å². The molecule has 0 spiro atoms. The van der Waals surface area contributed by atoms with E-state index in [1.807, 2.05) is 29.2 Å². The fraction of sp³-hybridized carbons (Fsp3) is 0.529. The summed E-state index contributed by atoms with van der Waals surface area (Å²) < 4.78 is 0. The highest BCUT2D eigenvalue weighted by molar-refractivity contribution is 5.97. The zero-order chi connectivity index (χ0) is 15.5. The first kappa shape index (κ1) is 17.8. The number of piperidine rings is 1. The summed E-state index contributed by atoms with van der Waals surface area (Å²) in [5.41, 5.74) is 1.71. The largest absolute Gasteiger partial charge is 0.326 e. The van der Waals surface area contributed by atoms with Gasteiger partial charge in [-0.3, -0.25) is 9.59 Å². The van der Waals surface area contributed by atoms with Crippen LogP contribution in [-0.4, -0.2) is 30.9 Å². The molecule has 126 valence electrons. The van der Waals surface area contributed by atoms with Crippen LogP contribution in [0.3, 0.4) is 0 Å². The SMILES string of the molecule is CC1CCC(=O)N1c1ccc(NC(=O)C2CCNCC2)cc1.Cl. The summed E-state index contributed by atoms with van der Waals surface area (Å²) in [5, 5.41) is 6.24. The summed E-state index contributed by atoms with van der Waals surface area (Å²) in [6.45, 7) is 3.88. The highest BCUT2D eigenvalue weighted by Gasteiger charge is 2.28. The number of carbonyl (C=O) groups is 2. The Bertz CT molecular complexity index is 555. The normalized spacial score (nSPS) is 21.9. The standard InChI is InChI=1S/C17H23N3O2.ClH/c1-12-2-7-16(21)20(12)15-5-3-14(4-6-15)19-17(22)13-8-10-18-11-9-13;/h3-6,12-13,18H,2,7-11H2,1H3,(H,19,22);1H. The van der Waals surface area contributed by atoms with Crippen molar-refractivity contribution >= 4 is 35.6 Å². The van der Waals surface area contributed by atoms with Crippen LogP contribution in [0.5, 0.6) is 0 Å². The second kappa shape index (κ2) is 7.79. The van der Waals surface area contributed by atoms with Crippen molar-refractivity contribution in [3.8, 4) is 0 Å². The molecule has 6 heteroatoms. The zero-order valence-corrected chi connectivity index (χ0v) is 14.2. The van der Waals surface area contributed by atoms with Gasteiger partial charge in [-0.2, -0.15) is 0 Å². The molecule has 2 aliphatic rings. The van der Waals surface area contributed by atoms with Crippen molar-refractivity contribution in [2.24, 2.45) is 5.92 Å². The molecule has 3 rings (SSSR count). The molecule has 0 bridgehead atoms. The molecular formula is C17H24ClN3O2. The average molecular weight is 338 g/mol. The van der Waals surface area contributed by atoms with Gasteiger partial charge in [0.2, 0.25) is 11.8 Å². The monoisotopic (exact) mass is 337 g/mol. The van der Waals surface area contributed by atoms with E-state index in [1.165, 1.54) is 0 Å². The number of benzene rings is 1. The van der Waals surface area contributed by atoms with Gasteiger partial charge in [0.05, 0.1) is 0 Å². The number of nitrogens with zero attached hydrogens (tertiary/aromatic N) is 1. The van der Waals surface area contributed by atoms with E-state index in [9.17, 15) is 9.59 Å². The van der Waals surface area contributed by atoms with E-state index in [0.29, 0.717) is 6.42 Å². The Hall–Kier alpha value is -1.59. The third-order valence-corrected chi connectivity index (χ3v) is 4.61. The van der Waals surface area contributed by atoms with Gasteiger partial charge < -0.3 is 15.5 Å². The third kappa shape index (κ3) is 4.03. The van der Waals surface area contributed by atoms with Crippen LogP contribution in [0.25, 0.3) is 0 Å². The number of anilines is 2. The molecule has 0 saturated carbocycles. The number of rotatable bonds is 3. The molecule has 2 fully saturated rings. The lowest BCUT2D eigenvalue weighted by Crippen LogP contribution is -2.34. The third-order valence-electron chi connectivity index (χ3n) is 4.61. The summed E-state index contributed by atoms with van der Waals surface area (Å²) in [5.74, 6) is 0.375. The first-order chi connectivity index (χ1) is 10.6. The summed E-state index contributed by atoms with van der Waals surface area (Å²) in [6, 6.07) is 7.84. The molecule has 23 heavy (non-hydrogen) atoms. The maximum Gasteiger partial charge on any atom is 0.227 e. The molecule has 5 nitrogen and oxygen atoms in total. The Kier molecular flexibility index (Phi) is 6.02. The molecule has 2 N–H and O–H groups in total. The van der Waals surface area contributed by atoms with Crippen LogP contribution in [0, 0.1) is 5.92 Å². The minimum atomic E-state index is 0. The van der Waals surface area contributed by atoms with E-state index in [1.54, 1.807) is 0 Å². The first-order valence-corrected chi connectivity index (χ1v) is 8.09. The number of amides is 2. The maximum absolute atomic E-state index is 12.2. The van der Waals surface area contributed by atoms with Gasteiger partial charge in [-0.15, -0.1) is 12.4 Å². The van der Waals surface area contributed by atoms with E-state index < -0.39 is 0 Å². The smallest absolute Gasteiger partial charge is 0.227 e. The molecule has 1 aromatic carbocycles. The second-order valence-electron chi connectivity index (χ2n) is 6.21. The van der Waals surface area contributed by atoms with E-state index >= 15 is 0 Å². The average Bonchev–Trinajstić information content (AvgIpc) is 2.88. The van der Waals surface area contributed by atoms with Crippen molar-refractivity contribution < 1.29 is 9.59 Å². The van der Waals surface area contributed by atoms with Gasteiger partial charge in [-0.1, -0.05) is 0 Å². The molecule has 1 unspecified atom stereocenters. The minimum absolute atomic E-state index is 0. The van der Waals surface area contributed by atoms with Gasteiger partial charge in [-0.05, 0) is 63.5 Å². The van der Waals surface area contributed by atoms with Gasteiger partial charge in [0.25, 0.3) is 0 Å². The number of hydrogen-bond acceptors (Lipinski definition) is 3. The Morgan fingerprint density at radius 1 is 1.17 bits per heavy atom. The van der Waals surface area contributed by atoms with Crippen LogP contribution >= 0.6 is 12.4 Å². The van der Waals surface area contributed by atoms with Crippen LogP contribution < -0.4 is 15.5 Å². The molecule has 2 amide bonds. The molecule has 2 saturated heterocycles. The van der Waals surface area contributed by atoms with Crippen LogP contribution in [0.2, 0.25) is 0 Å². The Morgan fingerprint density at radius 2 is 1.83 bits per heavy atom. The number of nitrogens with one attached hydrogen (secondary N) is 2. The molecule has 0 aromatic heterocycles. The molecule has 2 heterocycles. The van der Waals surface area contributed by atoms with Crippen molar-refractivity contribution in [3.63, 3.8) is 0 Å². The fourth-order valence-corrected chi connectivity index (χ4v) is 3.26. The summed E-state index contributed by atoms with van der Waals surface area (Å²) in [6.07, 6.45) is 3.32. The molecule has 0 radical (unpaired) electrons. The summed E-state index contributed by atoms with van der Waals surface area (Å²) >= 11 is 0. The second-order valence-corrected chi connectivity index (χ2v) is 6.21. The van der Waals surface area contributed by atoms with E-state index in [2.05, 4.69) is 17.6 Å². The Balaban J connectivity index is 0.00000192. The predicted octanol–water partition coefficient (Wildman–Crippen LogP) is 2.56. The molecular weight excluding hydrogens is 314 g/mol. The lowest BCUT2D eigenvalue weighted by Gasteiger charge is -2.23. The van der Waals surface area contributed by atoms with Gasteiger partial charge in [0.15, 0.2) is 0 Å². The molecule has 0 aliphatic carbocycles. The van der Waals surface area contributed by atoms with Crippen molar-refractivity contribution in [2.45, 2.75) is 38.6 Å². The lowest BCUT2D eigenvalue weighted by atomic mass is 9.97. The van der Waals surface area contributed by atoms with Gasteiger partial charge in [-0.25, -0.2) is 0 Å². The highest BCUT2D eigenvalue weighted by Crippen LogP contribution is 2.27. The van der Waals surface area contributed by atoms with Crippen molar-refractivity contribution in [3.05, 3.63) is 24.3 Å². The number of carbonyl (C=O) groups excluding carboxylic acids is 2. The van der Waals surface area contributed by atoms with Crippen molar-refractivity contribution in [1.82, 2.24) is 5.32 Å². The predicted molar refractivity (Wildman–Crippen MR) is 94.1 cm³/mol. The van der Waals surface area contributed by atoms with Gasteiger partial charge in [0, 0.05) is 29.8 Å². The highest BCUT2D eigenvalue weighted by atomic mass is 35.5. The quantitative estimate of drug-likeness (QED) is 0.891. The van der Waals surface area contributed by atoms with Crippen molar-refractivity contribution in [2.75, 3.05) is 23.3 Å². The van der Waals surface area contributed by atoms with Gasteiger partial charge >= 0.3 is 0 Å². The van der Waals surface area contributed by atoms with Crippen LogP contribution in [-0.2, 0) is 9.59 Å². The molecule has 1 aromatic rings. The Labute approximate surface area is 143 Å². The zero-order valence-electron chi connectivity index (χ0n) is 13.4. The van der Waals surface area contributed by atoms with Crippen LogP contribution in [0.1, 0.15) is 32.6 Å². The van der Waals surface area contributed by atoms with E-state index in [4.69, 9.17) is 0 Å². The lowest BCUT2D eigenvalue weighted by molar-refractivity contribution is -0.120. The number of halogens is 1. The van der Waals surface area contributed by atoms with Crippen LogP contribution in [0.4, 0.5) is 11.4 Å². The van der Waals surface area contributed by atoms with Gasteiger partial charge in [0.1, 0.15) is 0 Å². The van der Waals surface area contributed by atoms with E-state index in [0.717, 1.165) is 43.7 Å². The summed E-state index contributed by atoms with van der Waals surface area (Å²) in [7, 11) is 0. The van der Waals surface area contributed by atoms with Crippen LogP contribution in [0.15, 0.2) is 24.3 Å². The Morgan fingerprint density at radius 3 is 2.39 bits per heavy atom. The minimum Gasteiger partial charge on any atom is -0.326 e. The molecule has 2 aliphatic heterocycles. The molecule has 1 atom stereocenters.